The smallest absolute Gasteiger partial charge is 0.306 e. The second-order valence-electron chi connectivity index (χ2n) is 19.2. The number of ether oxygens (including phenoxy) is 3. The fraction of sp³-hybridized carbons (Fsp3) is 0.758. The van der Waals surface area contributed by atoms with Gasteiger partial charge in [0, 0.05) is 19.3 Å². The fourth-order valence-electron chi connectivity index (χ4n) is 8.11. The second-order valence-corrected chi connectivity index (χ2v) is 19.2. The van der Waals surface area contributed by atoms with E-state index in [4.69, 9.17) is 14.2 Å². The molecule has 0 aliphatic rings. The summed E-state index contributed by atoms with van der Waals surface area (Å²) in [6, 6.07) is 0. The molecule has 0 aromatic heterocycles. The molecule has 0 rings (SSSR count). The highest BCUT2D eigenvalue weighted by Crippen LogP contribution is 2.16. The van der Waals surface area contributed by atoms with Gasteiger partial charge in [0.25, 0.3) is 0 Å². The number of carbonyl (C=O) groups is 3. The molecule has 68 heavy (non-hydrogen) atoms. The van der Waals surface area contributed by atoms with Gasteiger partial charge in [-0.3, -0.25) is 14.4 Å². The van der Waals surface area contributed by atoms with Crippen molar-refractivity contribution in [2.75, 3.05) is 13.2 Å². The molecule has 0 saturated heterocycles. The summed E-state index contributed by atoms with van der Waals surface area (Å²) in [5.41, 5.74) is 0. The van der Waals surface area contributed by atoms with Crippen LogP contribution in [-0.2, 0) is 28.6 Å². The Morgan fingerprint density at radius 1 is 0.309 bits per heavy atom. The zero-order chi connectivity index (χ0) is 49.3. The van der Waals surface area contributed by atoms with Crippen LogP contribution >= 0.6 is 0 Å². The van der Waals surface area contributed by atoms with E-state index in [2.05, 4.69) is 93.7 Å². The Morgan fingerprint density at radius 3 is 0.926 bits per heavy atom. The Hall–Kier alpha value is -3.15. The van der Waals surface area contributed by atoms with Gasteiger partial charge in [0.15, 0.2) is 6.10 Å². The predicted octanol–water partition coefficient (Wildman–Crippen LogP) is 19.4. The monoisotopic (exact) mass is 949 g/mol. The van der Waals surface area contributed by atoms with Gasteiger partial charge in [-0.15, -0.1) is 0 Å². The molecule has 0 aromatic carbocycles. The van der Waals surface area contributed by atoms with Crippen molar-refractivity contribution in [2.24, 2.45) is 0 Å². The summed E-state index contributed by atoms with van der Waals surface area (Å²) in [5, 5.41) is 0. The largest absolute Gasteiger partial charge is 0.462 e. The fourth-order valence-corrected chi connectivity index (χ4v) is 8.11. The minimum Gasteiger partial charge on any atom is -0.462 e. The van der Waals surface area contributed by atoms with Crippen LogP contribution in [0.4, 0.5) is 0 Å². The van der Waals surface area contributed by atoms with Gasteiger partial charge in [-0.05, 0) is 89.9 Å². The highest BCUT2D eigenvalue weighted by atomic mass is 16.6. The maximum Gasteiger partial charge on any atom is 0.306 e. The summed E-state index contributed by atoms with van der Waals surface area (Å²) in [4.78, 5) is 37.9. The van der Waals surface area contributed by atoms with Crippen LogP contribution in [0, 0.1) is 0 Å². The molecule has 0 saturated carbocycles. The van der Waals surface area contributed by atoms with E-state index in [0.717, 1.165) is 89.9 Å². The molecule has 392 valence electrons. The average Bonchev–Trinajstić information content (AvgIpc) is 3.34. The molecule has 1 unspecified atom stereocenters. The lowest BCUT2D eigenvalue weighted by molar-refractivity contribution is -0.167. The lowest BCUT2D eigenvalue weighted by Gasteiger charge is -2.18. The molecule has 0 bridgehead atoms. The first kappa shape index (κ1) is 64.8. The summed E-state index contributed by atoms with van der Waals surface area (Å²) in [5.74, 6) is -0.884. The SMILES string of the molecule is CC/C=C\C/C=C\C/C=C\C/C=C\CCCCCCCCCCCCCCC(=O)OCC(COC(=O)CCCCCCCC)OC(=O)CCCCCCCCCCC/C=C\C/C=C\CCCCC. The van der Waals surface area contributed by atoms with Crippen LogP contribution < -0.4 is 0 Å². The van der Waals surface area contributed by atoms with Gasteiger partial charge in [-0.2, -0.15) is 0 Å². The minimum absolute atomic E-state index is 0.0762. The van der Waals surface area contributed by atoms with Crippen molar-refractivity contribution < 1.29 is 28.6 Å². The maximum absolute atomic E-state index is 12.8. The highest BCUT2D eigenvalue weighted by molar-refractivity contribution is 5.71. The van der Waals surface area contributed by atoms with Crippen molar-refractivity contribution in [1.82, 2.24) is 0 Å². The standard InChI is InChI=1S/C62H108O6/c1-4-7-10-13-16-18-20-22-24-26-28-29-30-31-32-33-35-36-38-40-42-44-46-49-52-55-61(64)67-58-59(57-66-60(63)54-51-48-15-12-9-6-3)68-62(65)56-53-50-47-45-43-41-39-37-34-27-25-23-21-19-17-14-11-8-5-2/h7,10,16-19,22-25,28-29,59H,4-6,8-9,11-15,20-21,26-27,30-58H2,1-3H3/b10-7-,18-16-,19-17-,24-22-,25-23-,29-28-. The van der Waals surface area contributed by atoms with Gasteiger partial charge in [0.05, 0.1) is 0 Å². The lowest BCUT2D eigenvalue weighted by atomic mass is 10.0. The average molecular weight is 950 g/mol. The molecule has 6 nitrogen and oxygen atoms in total. The predicted molar refractivity (Wildman–Crippen MR) is 293 cm³/mol. The summed E-state index contributed by atoms with van der Waals surface area (Å²) in [6.45, 7) is 6.46. The summed E-state index contributed by atoms with van der Waals surface area (Å²) in [6.07, 6.45) is 72.1. The quantitative estimate of drug-likeness (QED) is 0.0262. The maximum atomic E-state index is 12.8. The van der Waals surface area contributed by atoms with Gasteiger partial charge < -0.3 is 14.2 Å². The zero-order valence-electron chi connectivity index (χ0n) is 44.9. The van der Waals surface area contributed by atoms with Gasteiger partial charge in [-0.1, -0.05) is 248 Å². The zero-order valence-corrected chi connectivity index (χ0v) is 44.9. The number of allylic oxidation sites excluding steroid dienone is 12. The number of rotatable bonds is 52. The molecule has 0 spiro atoms. The van der Waals surface area contributed by atoms with Crippen LogP contribution in [0.3, 0.4) is 0 Å². The third-order valence-electron chi connectivity index (χ3n) is 12.4. The van der Waals surface area contributed by atoms with E-state index >= 15 is 0 Å². The first-order chi connectivity index (χ1) is 33.5. The number of unbranched alkanes of at least 4 members (excludes halogenated alkanes) is 29. The van der Waals surface area contributed by atoms with E-state index in [-0.39, 0.29) is 31.1 Å². The Kier molecular flexibility index (Phi) is 53.8. The Bertz CT molecular complexity index is 1270. The molecular formula is C62H108O6. The summed E-state index contributed by atoms with van der Waals surface area (Å²) < 4.78 is 16.8. The van der Waals surface area contributed by atoms with Crippen LogP contribution in [-0.4, -0.2) is 37.2 Å². The van der Waals surface area contributed by atoms with Crippen LogP contribution in [0.15, 0.2) is 72.9 Å². The first-order valence-electron chi connectivity index (χ1n) is 28.9. The summed E-state index contributed by atoms with van der Waals surface area (Å²) >= 11 is 0. The number of hydrogen-bond acceptors (Lipinski definition) is 6. The molecule has 0 aliphatic carbocycles. The molecular weight excluding hydrogens is 841 g/mol. The van der Waals surface area contributed by atoms with E-state index in [1.807, 2.05) is 0 Å². The third-order valence-corrected chi connectivity index (χ3v) is 12.4. The lowest BCUT2D eigenvalue weighted by Crippen LogP contribution is -2.30. The van der Waals surface area contributed by atoms with Crippen LogP contribution in [0.1, 0.15) is 284 Å². The normalized spacial score (nSPS) is 12.6. The third kappa shape index (κ3) is 53.8. The Morgan fingerprint density at radius 2 is 0.574 bits per heavy atom. The second kappa shape index (κ2) is 56.4. The molecule has 0 amide bonds. The highest BCUT2D eigenvalue weighted by Gasteiger charge is 2.19. The molecule has 6 heteroatoms. The minimum atomic E-state index is -0.774. The molecule has 0 aromatic rings. The van der Waals surface area contributed by atoms with Crippen molar-refractivity contribution in [3.8, 4) is 0 Å². The first-order valence-corrected chi connectivity index (χ1v) is 28.9. The molecule has 0 aliphatic heterocycles. The van der Waals surface area contributed by atoms with Gasteiger partial charge in [-0.25, -0.2) is 0 Å². The Labute approximate surface area is 421 Å². The van der Waals surface area contributed by atoms with Crippen molar-refractivity contribution in [2.45, 2.75) is 290 Å². The molecule has 0 heterocycles. The van der Waals surface area contributed by atoms with Crippen molar-refractivity contribution in [3.63, 3.8) is 0 Å². The van der Waals surface area contributed by atoms with Gasteiger partial charge >= 0.3 is 17.9 Å². The molecule has 0 fully saturated rings. The van der Waals surface area contributed by atoms with Crippen molar-refractivity contribution >= 4 is 17.9 Å². The molecule has 0 N–H and O–H groups in total. The molecule has 0 radical (unpaired) electrons. The molecule has 1 atom stereocenters. The van der Waals surface area contributed by atoms with Crippen LogP contribution in [0.5, 0.6) is 0 Å². The van der Waals surface area contributed by atoms with E-state index in [9.17, 15) is 14.4 Å². The van der Waals surface area contributed by atoms with Crippen LogP contribution in [0.25, 0.3) is 0 Å². The van der Waals surface area contributed by atoms with E-state index in [1.165, 1.54) is 154 Å². The number of hydrogen-bond donors (Lipinski definition) is 0. The number of esters is 3. The van der Waals surface area contributed by atoms with E-state index in [0.29, 0.717) is 19.3 Å². The van der Waals surface area contributed by atoms with E-state index in [1.54, 1.807) is 0 Å². The van der Waals surface area contributed by atoms with Crippen LogP contribution in [0.2, 0.25) is 0 Å². The Balaban J connectivity index is 4.12. The van der Waals surface area contributed by atoms with E-state index < -0.39 is 6.10 Å². The van der Waals surface area contributed by atoms with Gasteiger partial charge in [0.2, 0.25) is 0 Å². The van der Waals surface area contributed by atoms with Crippen molar-refractivity contribution in [3.05, 3.63) is 72.9 Å². The number of carbonyl (C=O) groups excluding carboxylic acids is 3. The summed E-state index contributed by atoms with van der Waals surface area (Å²) in [7, 11) is 0. The van der Waals surface area contributed by atoms with Crippen molar-refractivity contribution in [1.29, 1.82) is 0 Å². The van der Waals surface area contributed by atoms with Gasteiger partial charge in [0.1, 0.15) is 13.2 Å². The topological polar surface area (TPSA) is 78.9 Å².